The number of carbonyl (C=O) groups excluding carboxylic acids is 1. The Bertz CT molecular complexity index is 1610. The summed E-state index contributed by atoms with van der Waals surface area (Å²) < 4.78 is 4.66. The number of aryl methyl sites for hydroxylation is 2. The summed E-state index contributed by atoms with van der Waals surface area (Å²) in [7, 11) is 0. The molecule has 3 aromatic heterocycles. The lowest BCUT2D eigenvalue weighted by atomic mass is 9.97. The molecule has 188 valence electrons. The fraction of sp³-hybridized carbons (Fsp3) is 0.200. The van der Waals surface area contributed by atoms with Gasteiger partial charge in [-0.3, -0.25) is 25.0 Å². The van der Waals surface area contributed by atoms with Crippen LogP contribution in [0, 0.1) is 5.41 Å². The zero-order valence-corrected chi connectivity index (χ0v) is 22.2. The number of hydrogen-bond donors (Lipinski definition) is 4. The predicted molar refractivity (Wildman–Crippen MR) is 152 cm³/mol. The van der Waals surface area contributed by atoms with E-state index >= 15 is 0 Å². The highest BCUT2D eigenvalue weighted by molar-refractivity contribution is 8.14. The molecule has 2 aromatic carbocycles. The van der Waals surface area contributed by atoms with E-state index < -0.39 is 0 Å². The lowest BCUT2D eigenvalue weighted by molar-refractivity contribution is -0.118. The normalized spacial score (nSPS) is 13.1. The lowest BCUT2D eigenvalue weighted by Gasteiger charge is -2.19. The highest BCUT2D eigenvalue weighted by atomic mass is 32.2. The zero-order chi connectivity index (χ0) is 25.4. The molecule has 1 aliphatic carbocycles. The van der Waals surface area contributed by atoms with Crippen LogP contribution < -0.4 is 15.6 Å². The van der Waals surface area contributed by atoms with Crippen molar-refractivity contribution in [1.29, 1.82) is 5.41 Å². The third-order valence-electron chi connectivity index (χ3n) is 6.19. The van der Waals surface area contributed by atoms with Crippen LogP contribution >= 0.6 is 35.2 Å². The van der Waals surface area contributed by atoms with Crippen molar-refractivity contribution in [2.24, 2.45) is 5.84 Å². The van der Waals surface area contributed by atoms with E-state index in [4.69, 9.17) is 21.2 Å². The SMILES string of the molecule is N=C(Sc1nc(CC(=O)NSn2[nH]c3ccccc32)nc2sc3c(c12)CCCC3)N(N)c1ccccc1. The van der Waals surface area contributed by atoms with Crippen LogP contribution in [0.2, 0.25) is 0 Å². The molecule has 3 heterocycles. The molecule has 37 heavy (non-hydrogen) atoms. The lowest BCUT2D eigenvalue weighted by Crippen LogP contribution is -2.35. The quantitative estimate of drug-likeness (QED) is 0.0445. The number of hydrazine groups is 1. The number of nitrogens with one attached hydrogen (secondary N) is 3. The number of amides is 1. The first-order valence-electron chi connectivity index (χ1n) is 11.9. The molecule has 9 nitrogen and oxygen atoms in total. The zero-order valence-electron chi connectivity index (χ0n) is 19.7. The minimum atomic E-state index is -0.201. The first-order chi connectivity index (χ1) is 18.1. The number of nitrogens with zero attached hydrogens (tertiary/aromatic N) is 4. The van der Waals surface area contributed by atoms with E-state index in [9.17, 15) is 4.79 Å². The monoisotopic (exact) mass is 548 g/mol. The standard InChI is InChI=1S/C25H24N8OS3/c26-25(32(27)15-8-2-1-3-9-15)36-24-22-16-10-4-7-13-19(16)35-23(22)28-20(29-24)14-21(34)31-37-33-18-12-6-5-11-17(18)30-33/h1-3,5-6,8-9,11-12,26,30H,4,7,10,13-14,27H2,(H,31,34). The highest BCUT2D eigenvalue weighted by Gasteiger charge is 2.24. The van der Waals surface area contributed by atoms with E-state index in [2.05, 4.69) is 9.82 Å². The molecule has 0 bridgehead atoms. The van der Waals surface area contributed by atoms with Crippen LogP contribution in [0.25, 0.3) is 21.3 Å². The molecule has 6 rings (SSSR count). The van der Waals surface area contributed by atoms with Crippen molar-refractivity contribution in [3.8, 4) is 0 Å². The fourth-order valence-electron chi connectivity index (χ4n) is 4.38. The number of nitrogens with two attached hydrogens (primary N) is 1. The molecular formula is C25H24N8OS3. The maximum absolute atomic E-state index is 12.8. The largest absolute Gasteiger partial charge is 0.285 e. The minimum Gasteiger partial charge on any atom is -0.285 e. The number of fused-ring (bicyclic) bond motifs is 4. The third kappa shape index (κ3) is 4.85. The molecular weight excluding hydrogens is 525 g/mol. The first kappa shape index (κ1) is 24.0. The van der Waals surface area contributed by atoms with Crippen LogP contribution in [0.3, 0.4) is 0 Å². The number of amidine groups is 1. The number of benzene rings is 2. The summed E-state index contributed by atoms with van der Waals surface area (Å²) in [6.07, 6.45) is 4.33. The maximum atomic E-state index is 12.8. The molecule has 1 aliphatic rings. The van der Waals surface area contributed by atoms with Gasteiger partial charge in [0.1, 0.15) is 15.7 Å². The molecule has 5 N–H and O–H groups in total. The van der Waals surface area contributed by atoms with Crippen molar-refractivity contribution in [3.05, 3.63) is 70.9 Å². The Hall–Kier alpha value is -3.32. The van der Waals surface area contributed by atoms with E-state index in [-0.39, 0.29) is 17.5 Å². The summed E-state index contributed by atoms with van der Waals surface area (Å²) in [5.41, 5.74) is 4.03. The molecule has 12 heteroatoms. The Morgan fingerprint density at radius 3 is 2.76 bits per heavy atom. The van der Waals surface area contributed by atoms with Gasteiger partial charge in [-0.15, -0.1) is 11.3 Å². The van der Waals surface area contributed by atoms with Crippen molar-refractivity contribution in [2.75, 3.05) is 5.01 Å². The molecule has 0 aliphatic heterocycles. The van der Waals surface area contributed by atoms with Gasteiger partial charge in [-0.05, 0) is 67.3 Å². The molecule has 0 unspecified atom stereocenters. The van der Waals surface area contributed by atoms with Gasteiger partial charge in [0.25, 0.3) is 0 Å². The van der Waals surface area contributed by atoms with Crippen molar-refractivity contribution < 1.29 is 4.79 Å². The minimum absolute atomic E-state index is 0.0346. The van der Waals surface area contributed by atoms with Crippen molar-refractivity contribution in [3.63, 3.8) is 0 Å². The Balaban J connectivity index is 1.25. The van der Waals surface area contributed by atoms with Gasteiger partial charge in [-0.25, -0.2) is 19.9 Å². The number of aromatic nitrogens is 4. The van der Waals surface area contributed by atoms with E-state index in [0.29, 0.717) is 10.9 Å². The number of rotatable bonds is 6. The van der Waals surface area contributed by atoms with E-state index in [1.165, 1.54) is 39.3 Å². The van der Waals surface area contributed by atoms with E-state index in [0.717, 1.165) is 52.6 Å². The molecule has 5 aromatic rings. The maximum Gasteiger partial charge on any atom is 0.238 e. The van der Waals surface area contributed by atoms with Gasteiger partial charge in [0.2, 0.25) is 5.91 Å². The molecule has 0 saturated heterocycles. The Morgan fingerprint density at radius 2 is 1.92 bits per heavy atom. The number of anilines is 1. The fourth-order valence-corrected chi connectivity index (χ4v) is 7.25. The smallest absolute Gasteiger partial charge is 0.238 e. The van der Waals surface area contributed by atoms with Crippen LogP contribution in [0.15, 0.2) is 59.6 Å². The van der Waals surface area contributed by atoms with Gasteiger partial charge in [0, 0.05) is 10.3 Å². The summed E-state index contributed by atoms with van der Waals surface area (Å²) >= 11 is 4.06. The second-order valence-corrected chi connectivity index (χ2v) is 11.5. The molecule has 0 saturated carbocycles. The topological polar surface area (TPSA) is 129 Å². The van der Waals surface area contributed by atoms with Gasteiger partial charge < -0.3 is 0 Å². The Labute approximate surface area is 225 Å². The number of H-pyrrole nitrogens is 1. The molecule has 0 radical (unpaired) electrons. The summed E-state index contributed by atoms with van der Waals surface area (Å²) in [6.45, 7) is 0. The number of hydrogen-bond acceptors (Lipinski definition) is 8. The van der Waals surface area contributed by atoms with Crippen molar-refractivity contribution in [1.82, 2.24) is 23.9 Å². The van der Waals surface area contributed by atoms with Crippen LogP contribution in [0.5, 0.6) is 0 Å². The Kier molecular flexibility index (Phi) is 6.63. The predicted octanol–water partition coefficient (Wildman–Crippen LogP) is 5.03. The Morgan fingerprint density at radius 1 is 1.14 bits per heavy atom. The number of carbonyl (C=O) groups is 1. The van der Waals surface area contributed by atoms with Crippen LogP contribution in [0.1, 0.15) is 29.1 Å². The average molecular weight is 549 g/mol. The second kappa shape index (κ2) is 10.2. The van der Waals surface area contributed by atoms with Crippen LogP contribution in [-0.2, 0) is 24.1 Å². The third-order valence-corrected chi connectivity index (χ3v) is 9.04. The van der Waals surface area contributed by atoms with E-state index in [1.54, 1.807) is 15.4 Å². The van der Waals surface area contributed by atoms with Gasteiger partial charge in [0.15, 0.2) is 5.17 Å². The highest BCUT2D eigenvalue weighted by Crippen LogP contribution is 2.40. The second-order valence-electron chi connectivity index (χ2n) is 8.67. The average Bonchev–Trinajstić information content (AvgIpc) is 3.28. The number of thiophene rings is 1. The number of thioether (sulfide) groups is 1. The van der Waals surface area contributed by atoms with Gasteiger partial charge in [-0.2, -0.15) is 0 Å². The van der Waals surface area contributed by atoms with Gasteiger partial charge >= 0.3 is 0 Å². The van der Waals surface area contributed by atoms with Crippen LogP contribution in [0.4, 0.5) is 5.69 Å². The van der Waals surface area contributed by atoms with E-state index in [1.807, 2.05) is 54.6 Å². The van der Waals surface area contributed by atoms with Crippen LogP contribution in [-0.4, -0.2) is 30.2 Å². The molecule has 1 amide bonds. The van der Waals surface area contributed by atoms with Gasteiger partial charge in [0.05, 0.1) is 35.3 Å². The van der Waals surface area contributed by atoms with Crippen molar-refractivity contribution >= 4 is 73.2 Å². The molecule has 0 atom stereocenters. The summed E-state index contributed by atoms with van der Waals surface area (Å²) in [5, 5.41) is 15.0. The molecule has 0 spiro atoms. The first-order valence-corrected chi connectivity index (χ1v) is 14.3. The number of aromatic amines is 1. The number of para-hydroxylation sites is 3. The summed E-state index contributed by atoms with van der Waals surface area (Å²) in [5.74, 6) is 6.48. The summed E-state index contributed by atoms with van der Waals surface area (Å²) in [4.78, 5) is 24.5. The van der Waals surface area contributed by atoms with Gasteiger partial charge in [-0.1, -0.05) is 30.3 Å². The summed E-state index contributed by atoms with van der Waals surface area (Å²) in [6, 6.07) is 17.3. The van der Waals surface area contributed by atoms with Crippen molar-refractivity contribution in [2.45, 2.75) is 37.1 Å². The molecule has 0 fully saturated rings.